The highest BCUT2D eigenvalue weighted by Gasteiger charge is 2.20. The van der Waals surface area contributed by atoms with E-state index >= 15 is 0 Å². The topological polar surface area (TPSA) is 90.3 Å². The number of amides is 1. The summed E-state index contributed by atoms with van der Waals surface area (Å²) >= 11 is 1.54. The third kappa shape index (κ3) is 5.65. The number of fused-ring (bicyclic) bond motifs is 2. The number of aromatic nitrogens is 3. The molecule has 8 nitrogen and oxygen atoms in total. The molecule has 0 atom stereocenters. The van der Waals surface area contributed by atoms with Crippen molar-refractivity contribution in [3.8, 4) is 34.0 Å². The molecule has 4 aromatic carbocycles. The maximum Gasteiger partial charge on any atom is 0.257 e. The van der Waals surface area contributed by atoms with Crippen LogP contribution in [0.3, 0.4) is 0 Å². The van der Waals surface area contributed by atoms with E-state index in [9.17, 15) is 4.79 Å². The van der Waals surface area contributed by atoms with Crippen molar-refractivity contribution in [1.82, 2.24) is 14.5 Å². The number of anilines is 3. The SMILES string of the molecule is COc1cc(-c2ccc3c(c2)Nc2ccc(CCn4ccnc4-c4ccccc4)cc2NC3=O)ccc1OCc1cscn1. The van der Waals surface area contributed by atoms with E-state index in [4.69, 9.17) is 9.47 Å². The van der Waals surface area contributed by atoms with Gasteiger partial charge in [-0.15, -0.1) is 11.3 Å². The molecule has 0 spiro atoms. The molecule has 9 heteroatoms. The number of carbonyl (C=O) groups is 1. The Labute approximate surface area is 259 Å². The molecule has 1 aliphatic heterocycles. The highest BCUT2D eigenvalue weighted by atomic mass is 32.1. The Morgan fingerprint density at radius 3 is 2.52 bits per heavy atom. The van der Waals surface area contributed by atoms with Crippen molar-refractivity contribution in [2.24, 2.45) is 0 Å². The molecule has 6 aromatic rings. The molecule has 2 aromatic heterocycles. The lowest BCUT2D eigenvalue weighted by atomic mass is 10.0. The fraction of sp³-hybridized carbons (Fsp3) is 0.114. The second-order valence-corrected chi connectivity index (χ2v) is 11.1. The Kier molecular flexibility index (Phi) is 7.52. The van der Waals surface area contributed by atoms with Crippen LogP contribution in [0.5, 0.6) is 11.5 Å². The molecule has 7 rings (SSSR count). The normalized spacial score (nSPS) is 12.0. The lowest BCUT2D eigenvalue weighted by molar-refractivity contribution is 0.102. The van der Waals surface area contributed by atoms with E-state index in [1.807, 2.05) is 84.5 Å². The summed E-state index contributed by atoms with van der Waals surface area (Å²) in [5, 5.41) is 8.55. The van der Waals surface area contributed by atoms with Crippen LogP contribution in [0.2, 0.25) is 0 Å². The highest BCUT2D eigenvalue weighted by Crippen LogP contribution is 2.38. The predicted molar refractivity (Wildman–Crippen MR) is 174 cm³/mol. The van der Waals surface area contributed by atoms with Gasteiger partial charge in [0.15, 0.2) is 11.5 Å². The Morgan fingerprint density at radius 1 is 0.818 bits per heavy atom. The maximum atomic E-state index is 13.3. The second-order valence-electron chi connectivity index (χ2n) is 10.4. The fourth-order valence-electron chi connectivity index (χ4n) is 5.33. The van der Waals surface area contributed by atoms with E-state index in [0.29, 0.717) is 23.7 Å². The summed E-state index contributed by atoms with van der Waals surface area (Å²) in [4.78, 5) is 22.1. The molecule has 0 saturated carbocycles. The number of benzene rings is 4. The van der Waals surface area contributed by atoms with Crippen LogP contribution in [-0.4, -0.2) is 27.6 Å². The first-order chi connectivity index (χ1) is 21.6. The van der Waals surface area contributed by atoms with Gasteiger partial charge in [-0.1, -0.05) is 48.5 Å². The standard InChI is InChI=1S/C35H29N5O3S/c1-42-33-19-26(9-12-32(33)43-20-27-21-44-22-37-27)25-8-10-28-30(18-25)38-29-11-7-23(17-31(29)39-35(28)41)13-15-40-16-14-36-34(40)24-5-3-2-4-6-24/h2-12,14,16-19,21-22,38H,13,15,20H2,1H3,(H,39,41). The van der Waals surface area contributed by atoms with Gasteiger partial charge in [0, 0.05) is 29.9 Å². The van der Waals surface area contributed by atoms with Crippen LogP contribution in [0.25, 0.3) is 22.5 Å². The summed E-state index contributed by atoms with van der Waals surface area (Å²) in [7, 11) is 1.63. The van der Waals surface area contributed by atoms with Crippen molar-refractivity contribution in [3.05, 3.63) is 125 Å². The van der Waals surface area contributed by atoms with Crippen LogP contribution >= 0.6 is 11.3 Å². The number of carbonyl (C=O) groups excluding carboxylic acids is 1. The van der Waals surface area contributed by atoms with Crippen molar-refractivity contribution < 1.29 is 14.3 Å². The zero-order chi connectivity index (χ0) is 29.9. The zero-order valence-electron chi connectivity index (χ0n) is 24.0. The van der Waals surface area contributed by atoms with Gasteiger partial charge in [-0.3, -0.25) is 4.79 Å². The summed E-state index contributed by atoms with van der Waals surface area (Å²) in [6, 6.07) is 28.0. The fourth-order valence-corrected chi connectivity index (χ4v) is 5.88. The first kappa shape index (κ1) is 27.4. The van der Waals surface area contributed by atoms with E-state index < -0.39 is 0 Å². The minimum absolute atomic E-state index is 0.153. The number of aryl methyl sites for hydroxylation is 2. The molecule has 0 aliphatic carbocycles. The molecule has 0 unspecified atom stereocenters. The highest BCUT2D eigenvalue weighted by molar-refractivity contribution is 7.07. The van der Waals surface area contributed by atoms with Crippen molar-refractivity contribution in [3.63, 3.8) is 0 Å². The molecule has 0 radical (unpaired) electrons. The minimum atomic E-state index is -0.153. The Bertz CT molecular complexity index is 1940. The van der Waals surface area contributed by atoms with Crippen LogP contribution in [-0.2, 0) is 19.6 Å². The lowest BCUT2D eigenvalue weighted by Gasteiger charge is -2.14. The molecule has 44 heavy (non-hydrogen) atoms. The smallest absolute Gasteiger partial charge is 0.257 e. The molecule has 218 valence electrons. The number of hydrogen-bond acceptors (Lipinski definition) is 7. The summed E-state index contributed by atoms with van der Waals surface area (Å²) < 4.78 is 13.7. The molecule has 0 fully saturated rings. The van der Waals surface area contributed by atoms with E-state index in [-0.39, 0.29) is 5.91 Å². The van der Waals surface area contributed by atoms with E-state index in [1.165, 1.54) is 11.3 Å². The molecule has 2 N–H and O–H groups in total. The monoisotopic (exact) mass is 599 g/mol. The van der Waals surface area contributed by atoms with Crippen LogP contribution in [0, 0.1) is 0 Å². The number of nitrogens with zero attached hydrogens (tertiary/aromatic N) is 3. The van der Waals surface area contributed by atoms with Crippen LogP contribution < -0.4 is 20.1 Å². The minimum Gasteiger partial charge on any atom is -0.493 e. The third-order valence-electron chi connectivity index (χ3n) is 7.61. The second kappa shape index (κ2) is 12.1. The number of thiazole rings is 1. The first-order valence-corrected chi connectivity index (χ1v) is 15.2. The van der Waals surface area contributed by atoms with Crippen molar-refractivity contribution in [2.75, 3.05) is 17.7 Å². The van der Waals surface area contributed by atoms with Gasteiger partial charge in [0.2, 0.25) is 0 Å². The number of rotatable bonds is 9. The van der Waals surface area contributed by atoms with Crippen molar-refractivity contribution in [2.45, 2.75) is 19.6 Å². The zero-order valence-corrected chi connectivity index (χ0v) is 24.8. The van der Waals surface area contributed by atoms with Crippen molar-refractivity contribution >= 4 is 34.3 Å². The molecular weight excluding hydrogens is 570 g/mol. The molecule has 0 saturated heterocycles. The van der Waals surface area contributed by atoms with Crippen LogP contribution in [0.15, 0.2) is 108 Å². The average Bonchev–Trinajstić information content (AvgIpc) is 3.74. The van der Waals surface area contributed by atoms with Crippen LogP contribution in [0.4, 0.5) is 17.1 Å². The van der Waals surface area contributed by atoms with Crippen LogP contribution in [0.1, 0.15) is 21.6 Å². The van der Waals surface area contributed by atoms with Gasteiger partial charge < -0.3 is 24.7 Å². The van der Waals surface area contributed by atoms with Gasteiger partial charge in [0.25, 0.3) is 5.91 Å². The summed E-state index contributed by atoms with van der Waals surface area (Å²) in [6.07, 6.45) is 4.63. The van der Waals surface area contributed by atoms with Gasteiger partial charge >= 0.3 is 0 Å². The molecule has 0 bridgehead atoms. The number of hydrogen-bond donors (Lipinski definition) is 2. The van der Waals surface area contributed by atoms with Crippen molar-refractivity contribution in [1.29, 1.82) is 0 Å². The maximum absolute atomic E-state index is 13.3. The van der Waals surface area contributed by atoms with Gasteiger partial charge in [-0.25, -0.2) is 9.97 Å². The number of methoxy groups -OCH3 is 1. The lowest BCUT2D eigenvalue weighted by Crippen LogP contribution is -2.11. The Hall–Kier alpha value is -5.41. The molecule has 1 amide bonds. The van der Waals surface area contributed by atoms with E-state index in [0.717, 1.165) is 63.8 Å². The summed E-state index contributed by atoms with van der Waals surface area (Å²) in [6.45, 7) is 1.14. The number of ether oxygens (including phenoxy) is 2. The molecule has 1 aliphatic rings. The molecular formula is C35H29N5O3S. The summed E-state index contributed by atoms with van der Waals surface area (Å²) in [5.41, 5.74) is 9.67. The van der Waals surface area contributed by atoms with Gasteiger partial charge in [0.1, 0.15) is 12.4 Å². The van der Waals surface area contributed by atoms with Gasteiger partial charge in [-0.05, 0) is 59.5 Å². The average molecular weight is 600 g/mol. The van der Waals surface area contributed by atoms with E-state index in [2.05, 4.69) is 43.4 Å². The molecule has 3 heterocycles. The number of nitrogens with one attached hydrogen (secondary N) is 2. The third-order valence-corrected chi connectivity index (χ3v) is 8.25. The Balaban J connectivity index is 1.09. The predicted octanol–water partition coefficient (Wildman–Crippen LogP) is 7.81. The van der Waals surface area contributed by atoms with Gasteiger partial charge in [-0.2, -0.15) is 0 Å². The largest absolute Gasteiger partial charge is 0.493 e. The van der Waals surface area contributed by atoms with Gasteiger partial charge in [0.05, 0.1) is 40.9 Å². The van der Waals surface area contributed by atoms with E-state index in [1.54, 1.807) is 12.6 Å². The first-order valence-electron chi connectivity index (χ1n) is 14.2. The number of imidazole rings is 1. The summed E-state index contributed by atoms with van der Waals surface area (Å²) in [5.74, 6) is 2.06. The quantitative estimate of drug-likeness (QED) is 0.176. The Morgan fingerprint density at radius 2 is 1.68 bits per heavy atom.